The van der Waals surface area contributed by atoms with Crippen molar-refractivity contribution < 1.29 is 32.7 Å². The van der Waals surface area contributed by atoms with Crippen molar-refractivity contribution in [3.8, 4) is 22.3 Å². The molecule has 0 aliphatic heterocycles. The number of amides is 2. The van der Waals surface area contributed by atoms with Crippen molar-refractivity contribution >= 4 is 17.8 Å². The fourth-order valence-corrected chi connectivity index (χ4v) is 4.22. The van der Waals surface area contributed by atoms with Crippen LogP contribution in [0.1, 0.15) is 34.0 Å². The standard InChI is InChI=1S/C32H27F3N2O4/c1-20(38)36-19-22-4-8-24(9-5-22)23-6-2-21(3-7-23)18-29(31(40)41)37-30(39)27-12-10-25(11-13-27)26-14-16-28(17-15-26)32(33,34)35/h2-17,29H,18-19H2,1H3,(H,36,38)(H,37,39)(H,40,41). The second kappa shape index (κ2) is 12.5. The van der Waals surface area contributed by atoms with Gasteiger partial charge in [-0.25, -0.2) is 4.79 Å². The summed E-state index contributed by atoms with van der Waals surface area (Å²) in [4.78, 5) is 35.8. The van der Waals surface area contributed by atoms with Crippen molar-refractivity contribution in [1.82, 2.24) is 10.6 Å². The molecule has 0 saturated carbocycles. The summed E-state index contributed by atoms with van der Waals surface area (Å²) in [7, 11) is 0. The molecule has 1 atom stereocenters. The van der Waals surface area contributed by atoms with Crippen molar-refractivity contribution in [2.45, 2.75) is 32.1 Å². The molecule has 9 heteroatoms. The summed E-state index contributed by atoms with van der Waals surface area (Å²) in [5, 5.41) is 15.0. The lowest BCUT2D eigenvalue weighted by molar-refractivity contribution is -0.139. The van der Waals surface area contributed by atoms with Gasteiger partial charge in [0.05, 0.1) is 5.56 Å². The number of aliphatic carboxylic acids is 1. The van der Waals surface area contributed by atoms with Crippen molar-refractivity contribution in [3.05, 3.63) is 119 Å². The van der Waals surface area contributed by atoms with Gasteiger partial charge in [-0.3, -0.25) is 9.59 Å². The fraction of sp³-hybridized carbons (Fsp3) is 0.156. The van der Waals surface area contributed by atoms with E-state index in [0.717, 1.165) is 34.4 Å². The quantitative estimate of drug-likeness (QED) is 0.231. The first-order chi connectivity index (χ1) is 19.5. The van der Waals surface area contributed by atoms with Crippen LogP contribution in [-0.4, -0.2) is 28.9 Å². The lowest BCUT2D eigenvalue weighted by atomic mass is 9.99. The predicted octanol–water partition coefficient (Wildman–Crippen LogP) is 6.10. The first-order valence-electron chi connectivity index (χ1n) is 12.7. The summed E-state index contributed by atoms with van der Waals surface area (Å²) in [6, 6.07) is 24.8. The molecule has 0 heterocycles. The number of carboxylic acids is 1. The molecule has 0 aliphatic carbocycles. The molecule has 4 aromatic rings. The van der Waals surface area contributed by atoms with E-state index in [1.54, 1.807) is 12.1 Å². The number of nitrogens with one attached hydrogen (secondary N) is 2. The highest BCUT2D eigenvalue weighted by atomic mass is 19.4. The van der Waals surface area contributed by atoms with E-state index in [0.29, 0.717) is 17.7 Å². The Bertz CT molecular complexity index is 1510. The second-order valence-corrected chi connectivity index (χ2v) is 9.52. The van der Waals surface area contributed by atoms with E-state index in [2.05, 4.69) is 10.6 Å². The van der Waals surface area contributed by atoms with Gasteiger partial charge < -0.3 is 15.7 Å². The maximum atomic E-state index is 12.8. The molecular formula is C32H27F3N2O4. The Hall–Kier alpha value is -4.92. The number of hydrogen-bond acceptors (Lipinski definition) is 3. The van der Waals surface area contributed by atoms with Gasteiger partial charge in [0.15, 0.2) is 0 Å². The number of hydrogen-bond donors (Lipinski definition) is 3. The molecule has 0 saturated heterocycles. The zero-order valence-corrected chi connectivity index (χ0v) is 22.0. The predicted molar refractivity (Wildman–Crippen MR) is 149 cm³/mol. The average molecular weight is 561 g/mol. The first kappa shape index (κ1) is 29.1. The van der Waals surface area contributed by atoms with Crippen LogP contribution in [0.4, 0.5) is 13.2 Å². The monoisotopic (exact) mass is 560 g/mol. The van der Waals surface area contributed by atoms with Crippen LogP contribution in [0.15, 0.2) is 97.1 Å². The van der Waals surface area contributed by atoms with Crippen molar-refractivity contribution in [2.24, 2.45) is 0 Å². The molecule has 0 spiro atoms. The van der Waals surface area contributed by atoms with E-state index in [1.165, 1.54) is 31.2 Å². The summed E-state index contributed by atoms with van der Waals surface area (Å²) in [5.41, 5.74) is 4.24. The molecule has 2 amide bonds. The van der Waals surface area contributed by atoms with E-state index >= 15 is 0 Å². The largest absolute Gasteiger partial charge is 0.480 e. The van der Waals surface area contributed by atoms with Crippen LogP contribution in [0.3, 0.4) is 0 Å². The van der Waals surface area contributed by atoms with Gasteiger partial charge in [-0.05, 0) is 57.6 Å². The van der Waals surface area contributed by atoms with E-state index < -0.39 is 29.7 Å². The molecule has 210 valence electrons. The van der Waals surface area contributed by atoms with Crippen molar-refractivity contribution in [1.29, 1.82) is 0 Å². The Balaban J connectivity index is 1.38. The van der Waals surface area contributed by atoms with Gasteiger partial charge in [-0.2, -0.15) is 13.2 Å². The number of benzene rings is 4. The third kappa shape index (κ3) is 7.82. The molecule has 0 aromatic heterocycles. The molecule has 1 unspecified atom stereocenters. The molecule has 4 aromatic carbocycles. The van der Waals surface area contributed by atoms with Crippen molar-refractivity contribution in [3.63, 3.8) is 0 Å². The molecule has 0 radical (unpaired) electrons. The highest BCUT2D eigenvalue weighted by molar-refractivity contribution is 5.97. The number of carbonyl (C=O) groups is 3. The van der Waals surface area contributed by atoms with Gasteiger partial charge in [0, 0.05) is 25.5 Å². The second-order valence-electron chi connectivity index (χ2n) is 9.52. The van der Waals surface area contributed by atoms with Crippen LogP contribution in [0, 0.1) is 0 Å². The van der Waals surface area contributed by atoms with Crippen LogP contribution in [0.2, 0.25) is 0 Å². The average Bonchev–Trinajstić information content (AvgIpc) is 2.96. The Morgan fingerprint density at radius 3 is 1.59 bits per heavy atom. The van der Waals surface area contributed by atoms with Crippen LogP contribution < -0.4 is 10.6 Å². The summed E-state index contributed by atoms with van der Waals surface area (Å²) in [5.74, 6) is -1.86. The lowest BCUT2D eigenvalue weighted by Gasteiger charge is -2.15. The summed E-state index contributed by atoms with van der Waals surface area (Å²) < 4.78 is 38.4. The summed E-state index contributed by atoms with van der Waals surface area (Å²) >= 11 is 0. The molecule has 3 N–H and O–H groups in total. The summed E-state index contributed by atoms with van der Waals surface area (Å²) in [6.07, 6.45) is -4.35. The van der Waals surface area contributed by atoms with Crippen LogP contribution >= 0.6 is 0 Å². The number of carbonyl (C=O) groups excluding carboxylic acids is 2. The Morgan fingerprint density at radius 1 is 0.707 bits per heavy atom. The minimum Gasteiger partial charge on any atom is -0.480 e. The number of halogens is 3. The van der Waals surface area contributed by atoms with E-state index in [4.69, 9.17) is 0 Å². The number of carboxylic acid groups (broad SMARTS) is 1. The van der Waals surface area contributed by atoms with E-state index in [-0.39, 0.29) is 17.9 Å². The Kier molecular flexibility index (Phi) is 8.87. The minimum absolute atomic E-state index is 0.0701. The maximum Gasteiger partial charge on any atom is 0.416 e. The first-order valence-corrected chi connectivity index (χ1v) is 12.7. The van der Waals surface area contributed by atoms with Gasteiger partial charge >= 0.3 is 12.1 Å². The molecule has 4 rings (SSSR count). The Morgan fingerprint density at radius 2 is 1.15 bits per heavy atom. The van der Waals surface area contributed by atoms with Gasteiger partial charge in [0.2, 0.25) is 5.91 Å². The fourth-order valence-electron chi connectivity index (χ4n) is 4.22. The molecule has 0 bridgehead atoms. The number of alkyl halides is 3. The highest BCUT2D eigenvalue weighted by Crippen LogP contribution is 2.31. The van der Waals surface area contributed by atoms with Crippen LogP contribution in [-0.2, 0) is 28.7 Å². The molecule has 41 heavy (non-hydrogen) atoms. The van der Waals surface area contributed by atoms with E-state index in [9.17, 15) is 32.7 Å². The Labute approximate surface area is 234 Å². The highest BCUT2D eigenvalue weighted by Gasteiger charge is 2.30. The molecule has 6 nitrogen and oxygen atoms in total. The van der Waals surface area contributed by atoms with Crippen LogP contribution in [0.5, 0.6) is 0 Å². The van der Waals surface area contributed by atoms with Gasteiger partial charge in [0.1, 0.15) is 6.04 Å². The SMILES string of the molecule is CC(=O)NCc1ccc(-c2ccc(CC(NC(=O)c3ccc(-c4ccc(C(F)(F)F)cc4)cc3)C(=O)O)cc2)cc1. The van der Waals surface area contributed by atoms with Crippen LogP contribution in [0.25, 0.3) is 22.3 Å². The number of rotatable bonds is 9. The normalized spacial score (nSPS) is 11.9. The third-order valence-corrected chi connectivity index (χ3v) is 6.52. The van der Waals surface area contributed by atoms with Crippen molar-refractivity contribution in [2.75, 3.05) is 0 Å². The van der Waals surface area contributed by atoms with Gasteiger partial charge in [-0.1, -0.05) is 72.8 Å². The smallest absolute Gasteiger partial charge is 0.416 e. The summed E-state index contributed by atoms with van der Waals surface area (Å²) in [6.45, 7) is 1.91. The zero-order chi connectivity index (χ0) is 29.6. The minimum atomic E-state index is -4.42. The molecule has 0 fully saturated rings. The topological polar surface area (TPSA) is 95.5 Å². The molecular weight excluding hydrogens is 533 g/mol. The van der Waals surface area contributed by atoms with E-state index in [1.807, 2.05) is 48.5 Å². The van der Waals surface area contributed by atoms with Gasteiger partial charge in [-0.15, -0.1) is 0 Å². The lowest BCUT2D eigenvalue weighted by Crippen LogP contribution is -2.42. The maximum absolute atomic E-state index is 12.8. The molecule has 0 aliphatic rings. The van der Waals surface area contributed by atoms with Gasteiger partial charge in [0.25, 0.3) is 5.91 Å². The third-order valence-electron chi connectivity index (χ3n) is 6.52. The zero-order valence-electron chi connectivity index (χ0n) is 22.0.